The molecule has 0 aliphatic rings. The Balaban J connectivity index is 1.83. The fourth-order valence-electron chi connectivity index (χ4n) is 2.84. The van der Waals surface area contributed by atoms with Crippen LogP contribution in [0.25, 0.3) is 16.8 Å². The molecule has 4 aromatic rings. The Bertz CT molecular complexity index is 1010. The molecule has 1 aromatic carbocycles. The predicted molar refractivity (Wildman–Crippen MR) is 95.2 cm³/mol. The molecule has 1 unspecified atom stereocenters. The second-order valence-corrected chi connectivity index (χ2v) is 5.64. The maximum Gasteiger partial charge on any atom is 0.163 e. The summed E-state index contributed by atoms with van der Waals surface area (Å²) in [6, 6.07) is 13.2. The van der Waals surface area contributed by atoms with Crippen molar-refractivity contribution in [3.8, 4) is 16.9 Å². The summed E-state index contributed by atoms with van der Waals surface area (Å²) in [7, 11) is 1.65. The first-order chi connectivity index (χ1) is 12.3. The lowest BCUT2D eigenvalue weighted by molar-refractivity contribution is 0.416. The van der Waals surface area contributed by atoms with Gasteiger partial charge in [0.25, 0.3) is 0 Å². The highest BCUT2D eigenvalue weighted by molar-refractivity contribution is 5.81. The fourth-order valence-corrected chi connectivity index (χ4v) is 2.84. The van der Waals surface area contributed by atoms with E-state index >= 15 is 0 Å². The van der Waals surface area contributed by atoms with Crippen LogP contribution in [0.15, 0.2) is 67.3 Å². The normalized spacial score (nSPS) is 12.2. The summed E-state index contributed by atoms with van der Waals surface area (Å²) in [4.78, 5) is 8.88. The lowest BCUT2D eigenvalue weighted by atomic mass is 10.1. The molecule has 1 atom stereocenters. The molecule has 25 heavy (non-hydrogen) atoms. The first-order valence-corrected chi connectivity index (χ1v) is 7.91. The summed E-state index contributed by atoms with van der Waals surface area (Å²) in [5.41, 5.74) is 10.6. The molecule has 3 heterocycles. The zero-order valence-corrected chi connectivity index (χ0v) is 13.7. The molecule has 0 fully saturated rings. The Kier molecular flexibility index (Phi) is 3.87. The minimum Gasteiger partial charge on any atom is -0.496 e. The number of benzene rings is 1. The number of para-hydroxylation sites is 1. The Morgan fingerprint density at radius 2 is 1.92 bits per heavy atom. The second kappa shape index (κ2) is 6.33. The number of fused-ring (bicyclic) bond motifs is 1. The van der Waals surface area contributed by atoms with Crippen molar-refractivity contribution in [2.45, 2.75) is 6.04 Å². The van der Waals surface area contributed by atoms with Crippen molar-refractivity contribution >= 4 is 5.65 Å². The van der Waals surface area contributed by atoms with E-state index in [1.54, 1.807) is 30.2 Å². The minimum absolute atomic E-state index is 0.348. The van der Waals surface area contributed by atoms with E-state index in [0.29, 0.717) is 0 Å². The molecule has 0 spiro atoms. The third-order valence-electron chi connectivity index (χ3n) is 4.15. The van der Waals surface area contributed by atoms with Crippen LogP contribution in [0, 0.1) is 0 Å². The maximum absolute atomic E-state index is 6.36. The number of pyridine rings is 1. The lowest BCUT2D eigenvalue weighted by Gasteiger charge is -2.12. The number of aromatic nitrogens is 4. The largest absolute Gasteiger partial charge is 0.496 e. The van der Waals surface area contributed by atoms with E-state index in [1.165, 1.54) is 0 Å². The molecular formula is C19H17N5O. The van der Waals surface area contributed by atoms with Crippen LogP contribution in [0.4, 0.5) is 0 Å². The van der Waals surface area contributed by atoms with Gasteiger partial charge in [0, 0.05) is 24.2 Å². The van der Waals surface area contributed by atoms with Crippen LogP contribution in [0.3, 0.4) is 0 Å². The van der Waals surface area contributed by atoms with Crippen molar-refractivity contribution in [2.75, 3.05) is 7.11 Å². The molecule has 0 bridgehead atoms. The molecule has 6 nitrogen and oxygen atoms in total. The van der Waals surface area contributed by atoms with Crippen LogP contribution in [0.2, 0.25) is 0 Å². The van der Waals surface area contributed by atoms with E-state index in [9.17, 15) is 0 Å². The van der Waals surface area contributed by atoms with Crippen LogP contribution in [-0.4, -0.2) is 26.7 Å². The van der Waals surface area contributed by atoms with E-state index in [2.05, 4.69) is 10.1 Å². The number of ether oxygens (including phenoxy) is 1. The number of hydrogen-bond donors (Lipinski definition) is 1. The highest BCUT2D eigenvalue weighted by Crippen LogP contribution is 2.32. The predicted octanol–water partition coefficient (Wildman–Crippen LogP) is 2.85. The summed E-state index contributed by atoms with van der Waals surface area (Å²) in [5, 5.41) is 4.39. The standard InChI is InChI=1S/C19H17N5O/c1-25-17-7-3-2-6-14(17)15-12-22-24-10-8-16(23-19(15)24)18(20)13-5-4-9-21-11-13/h2-12,18H,20H2,1H3. The molecule has 3 aromatic heterocycles. The van der Waals surface area contributed by atoms with E-state index in [1.807, 2.05) is 48.7 Å². The van der Waals surface area contributed by atoms with Crippen LogP contribution >= 0.6 is 0 Å². The average molecular weight is 331 g/mol. The Hall–Kier alpha value is -3.25. The van der Waals surface area contributed by atoms with E-state index in [4.69, 9.17) is 15.5 Å². The molecule has 0 aliphatic carbocycles. The molecule has 6 heteroatoms. The summed E-state index contributed by atoms with van der Waals surface area (Å²) >= 11 is 0. The van der Waals surface area contributed by atoms with E-state index in [-0.39, 0.29) is 6.04 Å². The van der Waals surface area contributed by atoms with Gasteiger partial charge in [-0.1, -0.05) is 24.3 Å². The van der Waals surface area contributed by atoms with Crippen molar-refractivity contribution in [3.05, 3.63) is 78.5 Å². The summed E-state index contributed by atoms with van der Waals surface area (Å²) < 4.78 is 7.20. The number of nitrogens with two attached hydrogens (primary N) is 1. The van der Waals surface area contributed by atoms with Gasteiger partial charge in [-0.2, -0.15) is 5.10 Å². The Morgan fingerprint density at radius 1 is 1.04 bits per heavy atom. The molecule has 2 N–H and O–H groups in total. The number of nitrogens with zero attached hydrogens (tertiary/aromatic N) is 4. The minimum atomic E-state index is -0.348. The average Bonchev–Trinajstić information content (AvgIpc) is 3.11. The third-order valence-corrected chi connectivity index (χ3v) is 4.15. The van der Waals surface area contributed by atoms with Gasteiger partial charge in [0.15, 0.2) is 5.65 Å². The van der Waals surface area contributed by atoms with Gasteiger partial charge < -0.3 is 10.5 Å². The maximum atomic E-state index is 6.36. The van der Waals surface area contributed by atoms with Gasteiger partial charge in [0.1, 0.15) is 5.75 Å². The lowest BCUT2D eigenvalue weighted by Crippen LogP contribution is -2.14. The molecule has 0 aliphatic heterocycles. The van der Waals surface area contributed by atoms with Gasteiger partial charge in [-0.15, -0.1) is 0 Å². The van der Waals surface area contributed by atoms with Gasteiger partial charge in [-0.05, 0) is 23.8 Å². The second-order valence-electron chi connectivity index (χ2n) is 5.64. The Labute approximate surface area is 144 Å². The number of methoxy groups -OCH3 is 1. The van der Waals surface area contributed by atoms with Crippen molar-refractivity contribution in [1.29, 1.82) is 0 Å². The van der Waals surface area contributed by atoms with E-state index in [0.717, 1.165) is 33.8 Å². The SMILES string of the molecule is COc1ccccc1-c1cnn2ccc(C(N)c3cccnc3)nc12. The summed E-state index contributed by atoms with van der Waals surface area (Å²) in [6.45, 7) is 0. The third kappa shape index (κ3) is 2.72. The van der Waals surface area contributed by atoms with Gasteiger partial charge in [-0.25, -0.2) is 9.50 Å². The quantitative estimate of drug-likeness (QED) is 0.622. The fraction of sp³-hybridized carbons (Fsp3) is 0.105. The van der Waals surface area contributed by atoms with Crippen molar-refractivity contribution < 1.29 is 4.74 Å². The highest BCUT2D eigenvalue weighted by atomic mass is 16.5. The molecule has 0 amide bonds. The Morgan fingerprint density at radius 3 is 2.72 bits per heavy atom. The molecule has 0 radical (unpaired) electrons. The first-order valence-electron chi connectivity index (χ1n) is 7.91. The number of hydrogen-bond acceptors (Lipinski definition) is 5. The highest BCUT2D eigenvalue weighted by Gasteiger charge is 2.16. The monoisotopic (exact) mass is 331 g/mol. The zero-order valence-electron chi connectivity index (χ0n) is 13.7. The summed E-state index contributed by atoms with van der Waals surface area (Å²) in [5.74, 6) is 0.779. The van der Waals surface area contributed by atoms with Gasteiger partial charge >= 0.3 is 0 Å². The molecular weight excluding hydrogens is 314 g/mol. The van der Waals surface area contributed by atoms with Crippen LogP contribution in [0.5, 0.6) is 5.75 Å². The number of rotatable bonds is 4. The molecule has 0 saturated heterocycles. The topological polar surface area (TPSA) is 78.3 Å². The van der Waals surface area contributed by atoms with Crippen molar-refractivity contribution in [1.82, 2.24) is 19.6 Å². The molecule has 4 rings (SSSR count). The smallest absolute Gasteiger partial charge is 0.163 e. The molecule has 0 saturated carbocycles. The van der Waals surface area contributed by atoms with Crippen LogP contribution in [-0.2, 0) is 0 Å². The van der Waals surface area contributed by atoms with Crippen molar-refractivity contribution in [3.63, 3.8) is 0 Å². The van der Waals surface area contributed by atoms with Crippen LogP contribution in [0.1, 0.15) is 17.3 Å². The van der Waals surface area contributed by atoms with Gasteiger partial charge in [0.05, 0.1) is 30.6 Å². The zero-order chi connectivity index (χ0) is 17.2. The van der Waals surface area contributed by atoms with Crippen molar-refractivity contribution in [2.24, 2.45) is 5.73 Å². The van der Waals surface area contributed by atoms with Crippen LogP contribution < -0.4 is 10.5 Å². The summed E-state index contributed by atoms with van der Waals surface area (Å²) in [6.07, 6.45) is 7.14. The molecule has 124 valence electrons. The first kappa shape index (κ1) is 15.3. The van der Waals surface area contributed by atoms with Gasteiger partial charge in [0.2, 0.25) is 0 Å². The van der Waals surface area contributed by atoms with E-state index < -0.39 is 0 Å². The van der Waals surface area contributed by atoms with Gasteiger partial charge in [-0.3, -0.25) is 4.98 Å².